The van der Waals surface area contributed by atoms with E-state index in [2.05, 4.69) is 0 Å². The van der Waals surface area contributed by atoms with Crippen LogP contribution in [-0.4, -0.2) is 18.3 Å². The minimum Gasteiger partial charge on any atom is -0.493 e. The lowest BCUT2D eigenvalue weighted by Gasteiger charge is -2.24. The van der Waals surface area contributed by atoms with E-state index in [-0.39, 0.29) is 6.61 Å². The standard InChI is InChI=1S/C11H15NO2/c1-11(12,7-13)9-3-2-4-10-8(9)5-6-14-10/h2-4,13H,5-7,12H2,1H3. The Bertz CT molecular complexity index is 347. The Labute approximate surface area is 83.5 Å². The summed E-state index contributed by atoms with van der Waals surface area (Å²) in [4.78, 5) is 0. The van der Waals surface area contributed by atoms with Crippen molar-refractivity contribution >= 4 is 0 Å². The quantitative estimate of drug-likeness (QED) is 0.730. The molecule has 1 aromatic carbocycles. The summed E-state index contributed by atoms with van der Waals surface area (Å²) in [5.41, 5.74) is 7.48. The van der Waals surface area contributed by atoms with Crippen molar-refractivity contribution < 1.29 is 9.84 Å². The predicted octanol–water partition coefficient (Wildman–Crippen LogP) is 0.788. The number of hydrogen-bond acceptors (Lipinski definition) is 3. The van der Waals surface area contributed by atoms with E-state index in [4.69, 9.17) is 10.5 Å². The van der Waals surface area contributed by atoms with Crippen LogP contribution in [0.25, 0.3) is 0 Å². The number of fused-ring (bicyclic) bond motifs is 1. The first-order valence-corrected chi connectivity index (χ1v) is 4.80. The fraction of sp³-hybridized carbons (Fsp3) is 0.455. The van der Waals surface area contributed by atoms with E-state index in [1.165, 1.54) is 0 Å². The molecular formula is C11H15NO2. The third-order valence-corrected chi connectivity index (χ3v) is 2.69. The molecule has 0 spiro atoms. The smallest absolute Gasteiger partial charge is 0.122 e. The predicted molar refractivity (Wildman–Crippen MR) is 54.3 cm³/mol. The normalized spacial score (nSPS) is 18.5. The number of benzene rings is 1. The molecule has 0 fully saturated rings. The fourth-order valence-electron chi connectivity index (χ4n) is 1.84. The summed E-state index contributed by atoms with van der Waals surface area (Å²) in [6, 6.07) is 5.82. The maximum absolute atomic E-state index is 9.21. The molecule has 0 aliphatic carbocycles. The lowest BCUT2D eigenvalue weighted by Crippen LogP contribution is -2.37. The molecule has 0 bridgehead atoms. The molecule has 1 aromatic rings. The summed E-state index contributed by atoms with van der Waals surface area (Å²) in [5, 5.41) is 9.21. The molecule has 0 aromatic heterocycles. The maximum atomic E-state index is 9.21. The van der Waals surface area contributed by atoms with Crippen LogP contribution in [0.4, 0.5) is 0 Å². The summed E-state index contributed by atoms with van der Waals surface area (Å²) >= 11 is 0. The molecule has 1 aliphatic rings. The van der Waals surface area contributed by atoms with Crippen LogP contribution in [0, 0.1) is 0 Å². The lowest BCUT2D eigenvalue weighted by molar-refractivity contribution is 0.209. The number of hydrogen-bond donors (Lipinski definition) is 2. The summed E-state index contributed by atoms with van der Waals surface area (Å²) in [6.45, 7) is 2.50. The summed E-state index contributed by atoms with van der Waals surface area (Å²) < 4.78 is 5.44. The molecule has 3 N–H and O–H groups in total. The second-order valence-corrected chi connectivity index (χ2v) is 3.96. The average molecular weight is 193 g/mol. The summed E-state index contributed by atoms with van der Waals surface area (Å²) in [6.07, 6.45) is 0.887. The topological polar surface area (TPSA) is 55.5 Å². The van der Waals surface area contributed by atoms with Crippen LogP contribution in [0.1, 0.15) is 18.1 Å². The van der Waals surface area contributed by atoms with Gasteiger partial charge in [0.25, 0.3) is 0 Å². The minimum absolute atomic E-state index is 0.0521. The monoisotopic (exact) mass is 193 g/mol. The Morgan fingerprint density at radius 3 is 3.07 bits per heavy atom. The zero-order valence-corrected chi connectivity index (χ0v) is 8.29. The zero-order chi connectivity index (χ0) is 10.2. The van der Waals surface area contributed by atoms with Crippen molar-refractivity contribution in [3.05, 3.63) is 29.3 Å². The Kier molecular flexibility index (Phi) is 2.21. The van der Waals surface area contributed by atoms with E-state index in [1.807, 2.05) is 25.1 Å². The molecule has 1 atom stereocenters. The van der Waals surface area contributed by atoms with Crippen molar-refractivity contribution in [3.8, 4) is 5.75 Å². The van der Waals surface area contributed by atoms with Crippen molar-refractivity contribution in [3.63, 3.8) is 0 Å². The van der Waals surface area contributed by atoms with Gasteiger partial charge in [-0.05, 0) is 18.6 Å². The van der Waals surface area contributed by atoms with Crippen LogP contribution in [0.15, 0.2) is 18.2 Å². The largest absolute Gasteiger partial charge is 0.493 e. The van der Waals surface area contributed by atoms with Crippen molar-refractivity contribution in [2.24, 2.45) is 5.73 Å². The summed E-state index contributed by atoms with van der Waals surface area (Å²) in [7, 11) is 0. The van der Waals surface area contributed by atoms with E-state index >= 15 is 0 Å². The summed E-state index contributed by atoms with van der Waals surface area (Å²) in [5.74, 6) is 0.910. The van der Waals surface area contributed by atoms with Crippen molar-refractivity contribution in [1.29, 1.82) is 0 Å². The minimum atomic E-state index is -0.668. The number of aliphatic hydroxyl groups is 1. The molecule has 1 heterocycles. The van der Waals surface area contributed by atoms with E-state index in [0.29, 0.717) is 6.61 Å². The van der Waals surface area contributed by atoms with Crippen LogP contribution in [-0.2, 0) is 12.0 Å². The molecule has 0 saturated heterocycles. The molecule has 1 unspecified atom stereocenters. The van der Waals surface area contributed by atoms with E-state index < -0.39 is 5.54 Å². The van der Waals surface area contributed by atoms with Gasteiger partial charge < -0.3 is 15.6 Å². The highest BCUT2D eigenvalue weighted by Gasteiger charge is 2.27. The van der Waals surface area contributed by atoms with Gasteiger partial charge in [-0.1, -0.05) is 12.1 Å². The molecule has 76 valence electrons. The Balaban J connectivity index is 2.49. The van der Waals surface area contributed by atoms with Gasteiger partial charge in [-0.15, -0.1) is 0 Å². The lowest BCUT2D eigenvalue weighted by atomic mass is 9.89. The van der Waals surface area contributed by atoms with E-state index in [9.17, 15) is 5.11 Å². The second kappa shape index (κ2) is 3.26. The molecule has 14 heavy (non-hydrogen) atoms. The zero-order valence-electron chi connectivity index (χ0n) is 8.29. The Morgan fingerprint density at radius 2 is 2.36 bits per heavy atom. The van der Waals surface area contributed by atoms with Crippen molar-refractivity contribution in [2.75, 3.05) is 13.2 Å². The van der Waals surface area contributed by atoms with Crippen LogP contribution in [0.5, 0.6) is 5.75 Å². The number of nitrogens with two attached hydrogens (primary N) is 1. The maximum Gasteiger partial charge on any atom is 0.122 e. The van der Waals surface area contributed by atoms with Gasteiger partial charge in [0, 0.05) is 12.0 Å². The van der Waals surface area contributed by atoms with Gasteiger partial charge in [-0.2, -0.15) is 0 Å². The van der Waals surface area contributed by atoms with Crippen LogP contribution < -0.4 is 10.5 Å². The van der Waals surface area contributed by atoms with Crippen LogP contribution >= 0.6 is 0 Å². The molecule has 0 saturated carbocycles. The highest BCUT2D eigenvalue weighted by molar-refractivity contribution is 5.45. The second-order valence-electron chi connectivity index (χ2n) is 3.96. The highest BCUT2D eigenvalue weighted by Crippen LogP contribution is 2.32. The fourth-order valence-corrected chi connectivity index (χ4v) is 1.84. The van der Waals surface area contributed by atoms with Gasteiger partial charge in [0.15, 0.2) is 0 Å². The first-order valence-electron chi connectivity index (χ1n) is 4.80. The number of aliphatic hydroxyl groups excluding tert-OH is 1. The van der Waals surface area contributed by atoms with E-state index in [1.54, 1.807) is 0 Å². The first-order chi connectivity index (χ1) is 6.65. The molecule has 1 aliphatic heterocycles. The Hall–Kier alpha value is -1.06. The average Bonchev–Trinajstić information content (AvgIpc) is 2.64. The van der Waals surface area contributed by atoms with E-state index in [0.717, 1.165) is 23.3 Å². The highest BCUT2D eigenvalue weighted by atomic mass is 16.5. The number of ether oxygens (including phenoxy) is 1. The van der Waals surface area contributed by atoms with Crippen molar-refractivity contribution in [2.45, 2.75) is 18.9 Å². The molecular weight excluding hydrogens is 178 g/mol. The first kappa shape index (κ1) is 9.49. The molecule has 3 heteroatoms. The molecule has 3 nitrogen and oxygen atoms in total. The van der Waals surface area contributed by atoms with Gasteiger partial charge in [0.2, 0.25) is 0 Å². The Morgan fingerprint density at radius 1 is 1.57 bits per heavy atom. The SMILES string of the molecule is CC(N)(CO)c1cccc2c1CCO2. The van der Waals surface area contributed by atoms with Crippen LogP contribution in [0.3, 0.4) is 0 Å². The van der Waals surface area contributed by atoms with Crippen molar-refractivity contribution in [1.82, 2.24) is 0 Å². The van der Waals surface area contributed by atoms with Gasteiger partial charge in [-0.3, -0.25) is 0 Å². The number of rotatable bonds is 2. The van der Waals surface area contributed by atoms with Gasteiger partial charge in [-0.25, -0.2) is 0 Å². The molecule has 0 amide bonds. The van der Waals surface area contributed by atoms with Gasteiger partial charge in [0.1, 0.15) is 5.75 Å². The van der Waals surface area contributed by atoms with Gasteiger partial charge >= 0.3 is 0 Å². The molecule has 2 rings (SSSR count). The third kappa shape index (κ3) is 1.38. The van der Waals surface area contributed by atoms with Crippen LogP contribution in [0.2, 0.25) is 0 Å². The third-order valence-electron chi connectivity index (χ3n) is 2.69. The van der Waals surface area contributed by atoms with Gasteiger partial charge in [0.05, 0.1) is 18.8 Å². The molecule has 0 radical (unpaired) electrons.